The lowest BCUT2D eigenvalue weighted by Gasteiger charge is -2.36. The average Bonchev–Trinajstić information content (AvgIpc) is 3.37. The van der Waals surface area contributed by atoms with E-state index in [4.69, 9.17) is 28.4 Å². The maximum absolute atomic E-state index is 12.7. The quantitative estimate of drug-likeness (QED) is 0.298. The topological polar surface area (TPSA) is 72.5 Å². The van der Waals surface area contributed by atoms with Crippen LogP contribution in [0.1, 0.15) is 47.3 Å². The molecule has 0 N–H and O–H groups in total. The van der Waals surface area contributed by atoms with Gasteiger partial charge < -0.3 is 28.4 Å². The molecule has 5 rings (SSSR count). The zero-order valence-electron chi connectivity index (χ0n) is 22.7. The largest absolute Gasteiger partial charge is 0.462 e. The molecule has 0 bridgehead atoms. The molecule has 2 aliphatic heterocycles. The summed E-state index contributed by atoms with van der Waals surface area (Å²) in [6.07, 6.45) is -1.26. The van der Waals surface area contributed by atoms with Crippen LogP contribution in [0.15, 0.2) is 84.9 Å². The minimum absolute atomic E-state index is 0.120. The number of ether oxygens (including phenoxy) is 6. The van der Waals surface area contributed by atoms with E-state index in [1.165, 1.54) is 0 Å². The molecule has 0 aromatic heterocycles. The van der Waals surface area contributed by atoms with Crippen LogP contribution in [0, 0.1) is 6.92 Å². The molecule has 7 nitrogen and oxygen atoms in total. The summed E-state index contributed by atoms with van der Waals surface area (Å²) in [6.45, 7) is 6.80. The molecule has 4 atom stereocenters. The molecule has 3 aromatic carbocycles. The van der Waals surface area contributed by atoms with E-state index in [0.717, 1.165) is 16.7 Å². The van der Waals surface area contributed by atoms with Crippen LogP contribution in [0.5, 0.6) is 0 Å². The third kappa shape index (κ3) is 6.75. The first kappa shape index (κ1) is 27.5. The molecule has 39 heavy (non-hydrogen) atoms. The normalized spacial score (nSPS) is 25.4. The Bertz CT molecular complexity index is 1210. The van der Waals surface area contributed by atoms with Crippen LogP contribution < -0.4 is 0 Å². The minimum atomic E-state index is -0.955. The van der Waals surface area contributed by atoms with Crippen LogP contribution >= 0.6 is 0 Å². The van der Waals surface area contributed by atoms with Gasteiger partial charge in [0.05, 0.1) is 32.0 Å². The first-order chi connectivity index (χ1) is 18.8. The van der Waals surface area contributed by atoms with Crippen LogP contribution in [0.25, 0.3) is 0 Å². The molecule has 0 saturated carbocycles. The molecule has 2 heterocycles. The zero-order chi connectivity index (χ0) is 27.3. The Kier molecular flexibility index (Phi) is 8.45. The van der Waals surface area contributed by atoms with Crippen molar-refractivity contribution in [2.45, 2.75) is 70.3 Å². The summed E-state index contributed by atoms with van der Waals surface area (Å²) < 4.78 is 37.3. The van der Waals surface area contributed by atoms with Crippen molar-refractivity contribution in [1.29, 1.82) is 0 Å². The second kappa shape index (κ2) is 12.0. The van der Waals surface area contributed by atoms with Gasteiger partial charge in [-0.2, -0.15) is 0 Å². The van der Waals surface area contributed by atoms with Crippen LogP contribution in [0.3, 0.4) is 0 Å². The second-order valence-electron chi connectivity index (χ2n) is 10.6. The number of aryl methyl sites for hydroxylation is 1. The van der Waals surface area contributed by atoms with Crippen molar-refractivity contribution in [2.24, 2.45) is 0 Å². The molecule has 206 valence electrons. The smallest absolute Gasteiger partial charge is 0.338 e. The zero-order valence-corrected chi connectivity index (χ0v) is 22.7. The van der Waals surface area contributed by atoms with Gasteiger partial charge in [-0.3, -0.25) is 0 Å². The predicted octanol–water partition coefficient (Wildman–Crippen LogP) is 5.59. The molecule has 0 unspecified atom stereocenters. The highest BCUT2D eigenvalue weighted by Crippen LogP contribution is 2.45. The maximum atomic E-state index is 12.7. The molecule has 7 heteroatoms. The first-order valence-electron chi connectivity index (χ1n) is 13.4. The fourth-order valence-electron chi connectivity index (χ4n) is 5.05. The van der Waals surface area contributed by atoms with E-state index in [9.17, 15) is 4.79 Å². The number of carbonyl (C=O) groups excluding carboxylic acids is 1. The summed E-state index contributed by atoms with van der Waals surface area (Å²) in [5, 5.41) is 0. The molecular weight excluding hydrogens is 496 g/mol. The van der Waals surface area contributed by atoms with Crippen LogP contribution in [-0.2, 0) is 41.6 Å². The lowest BCUT2D eigenvalue weighted by atomic mass is 9.92. The average molecular weight is 533 g/mol. The first-order valence-corrected chi connectivity index (χ1v) is 13.4. The maximum Gasteiger partial charge on any atom is 0.338 e. The van der Waals surface area contributed by atoms with Crippen molar-refractivity contribution in [3.63, 3.8) is 0 Å². The van der Waals surface area contributed by atoms with Crippen LogP contribution in [-0.4, -0.2) is 49.1 Å². The molecule has 0 spiro atoms. The van der Waals surface area contributed by atoms with Gasteiger partial charge in [0.2, 0.25) is 0 Å². The summed E-state index contributed by atoms with van der Waals surface area (Å²) in [5.41, 5.74) is 2.71. The van der Waals surface area contributed by atoms with Gasteiger partial charge >= 0.3 is 5.97 Å². The molecule has 2 aliphatic rings. The lowest BCUT2D eigenvalue weighted by Crippen LogP contribution is -2.50. The monoisotopic (exact) mass is 532 g/mol. The molecular formula is C32H36O7. The van der Waals surface area contributed by atoms with E-state index in [2.05, 4.69) is 0 Å². The SMILES string of the molecule is Cc1ccc(C(=O)OCC[C@]2(COCc3ccccc3)O[C@H]3OC(C)(C)O[C@H]3[C@@H]2OCc2ccccc2)cc1. The van der Waals surface area contributed by atoms with Gasteiger partial charge in [-0.1, -0.05) is 78.4 Å². The fraction of sp³-hybridized carbons (Fsp3) is 0.406. The second-order valence-corrected chi connectivity index (χ2v) is 10.6. The van der Waals surface area contributed by atoms with Crippen molar-refractivity contribution < 1.29 is 33.2 Å². The Morgan fingerprint density at radius 1 is 0.821 bits per heavy atom. The van der Waals surface area contributed by atoms with Crippen molar-refractivity contribution in [3.8, 4) is 0 Å². The Balaban J connectivity index is 1.34. The number of fused-ring (bicyclic) bond motifs is 1. The standard InChI is InChI=1S/C32H36O7/c1-23-14-16-26(17-15-23)29(33)35-19-18-32(22-34-20-24-10-6-4-7-11-24)28(36-21-25-12-8-5-9-13-25)27-30(39-32)38-31(2,3)37-27/h4-17,27-28,30H,18-22H2,1-3H3/t27-,28-,30+,32+/m0/s1. The van der Waals surface area contributed by atoms with Gasteiger partial charge in [0.15, 0.2) is 12.1 Å². The number of benzene rings is 3. The highest BCUT2D eigenvalue weighted by molar-refractivity contribution is 5.89. The molecule has 2 fully saturated rings. The molecule has 3 aromatic rings. The summed E-state index contributed by atoms with van der Waals surface area (Å²) in [7, 11) is 0. The Hall–Kier alpha value is -3.07. The van der Waals surface area contributed by atoms with Crippen molar-refractivity contribution in [2.75, 3.05) is 13.2 Å². The van der Waals surface area contributed by atoms with Gasteiger partial charge in [-0.05, 0) is 44.0 Å². The third-order valence-corrected chi connectivity index (χ3v) is 7.03. The Morgan fingerprint density at radius 2 is 1.46 bits per heavy atom. The van der Waals surface area contributed by atoms with Gasteiger partial charge in [0, 0.05) is 6.42 Å². The number of hydrogen-bond donors (Lipinski definition) is 0. The van der Waals surface area contributed by atoms with E-state index in [1.807, 2.05) is 93.6 Å². The van der Waals surface area contributed by atoms with E-state index in [1.54, 1.807) is 12.1 Å². The van der Waals surface area contributed by atoms with Crippen LogP contribution in [0.4, 0.5) is 0 Å². The molecule has 0 amide bonds. The molecule has 0 radical (unpaired) electrons. The van der Waals surface area contributed by atoms with E-state index >= 15 is 0 Å². The number of rotatable bonds is 11. The Morgan fingerprint density at radius 3 is 2.13 bits per heavy atom. The van der Waals surface area contributed by atoms with Crippen LogP contribution in [0.2, 0.25) is 0 Å². The highest BCUT2D eigenvalue weighted by Gasteiger charge is 2.62. The van der Waals surface area contributed by atoms with Crippen molar-refractivity contribution in [1.82, 2.24) is 0 Å². The summed E-state index contributed by atoms with van der Waals surface area (Å²) in [5.74, 6) is -1.19. The van der Waals surface area contributed by atoms with Gasteiger partial charge in [-0.15, -0.1) is 0 Å². The van der Waals surface area contributed by atoms with Gasteiger partial charge in [0.1, 0.15) is 17.8 Å². The number of carbonyl (C=O) groups is 1. The number of esters is 1. The lowest BCUT2D eigenvalue weighted by molar-refractivity contribution is -0.257. The highest BCUT2D eigenvalue weighted by atomic mass is 16.8. The molecule has 2 saturated heterocycles. The third-order valence-electron chi connectivity index (χ3n) is 7.03. The Labute approximate surface area is 229 Å². The van der Waals surface area contributed by atoms with Gasteiger partial charge in [0.25, 0.3) is 0 Å². The fourth-order valence-corrected chi connectivity index (χ4v) is 5.05. The van der Waals surface area contributed by atoms with E-state index in [-0.39, 0.29) is 19.2 Å². The minimum Gasteiger partial charge on any atom is -0.462 e. The van der Waals surface area contributed by atoms with Crippen molar-refractivity contribution in [3.05, 3.63) is 107 Å². The molecule has 0 aliphatic carbocycles. The summed E-state index contributed by atoms with van der Waals surface area (Å²) >= 11 is 0. The van der Waals surface area contributed by atoms with Gasteiger partial charge in [-0.25, -0.2) is 4.79 Å². The number of hydrogen-bond acceptors (Lipinski definition) is 7. The summed E-state index contributed by atoms with van der Waals surface area (Å²) in [6, 6.07) is 27.2. The van der Waals surface area contributed by atoms with E-state index in [0.29, 0.717) is 25.2 Å². The predicted molar refractivity (Wildman–Crippen MR) is 145 cm³/mol. The van der Waals surface area contributed by atoms with E-state index < -0.39 is 29.9 Å². The summed E-state index contributed by atoms with van der Waals surface area (Å²) in [4.78, 5) is 12.7. The van der Waals surface area contributed by atoms with Crippen molar-refractivity contribution >= 4 is 5.97 Å².